The molecule has 0 heterocycles. The summed E-state index contributed by atoms with van der Waals surface area (Å²) in [6.07, 6.45) is 36.4. The van der Waals surface area contributed by atoms with Crippen molar-refractivity contribution in [2.75, 3.05) is 0 Å². The standard InChI is InChI=1S/C96H92.2CH4/c1-3-7-11-15-24-36-26-17-27-37-25(72(24,26)27)16-12-8-4-2-6-10-14-23-45-41(57-65-49-31-19-29-39(37)55-67-63-47(23)76(45,57)82(63,65)80(49,67)74(29,31)55)43-60-70-52-34-20-32-50-68-58-42(40-44-22(13-9-5-1)46-62-66-54-38(36)28-18-30-48-64-56(40)75(44,46)81(62,64)79(48,66)73(28,30)54)59-69-51-33-21-35-53-71-61(43)84(60)91(70)87(52)77(32,34)85(50)89(68)83(58,59)90(69)86(51)78(33,35)88(53)92(71,84)96(91)93(85,87)95(89,90)94(86,88)96;;/h22-71H,1-21H2;2*1H4. The van der Waals surface area contributed by atoms with Crippen molar-refractivity contribution in [3.8, 4) is 0 Å². The molecule has 47 bridgehead atoms. The lowest BCUT2D eigenvalue weighted by atomic mass is 8.41. The quantitative estimate of drug-likeness (QED) is 0.227. The summed E-state index contributed by atoms with van der Waals surface area (Å²) < 4.78 is 0. The number of rotatable bonds is 0. The maximum Gasteiger partial charge on any atom is -0.000739 e. The first kappa shape index (κ1) is 43.3. The van der Waals surface area contributed by atoms with Crippen molar-refractivity contribution in [1.82, 2.24) is 0 Å². The van der Waals surface area contributed by atoms with E-state index in [4.69, 9.17) is 0 Å². The molecule has 0 N–H and O–H groups in total. The van der Waals surface area contributed by atoms with Gasteiger partial charge < -0.3 is 0 Å². The summed E-state index contributed by atoms with van der Waals surface area (Å²) in [5.41, 5.74) is 26.4. The molecule has 64 atom stereocenters. The normalized spacial score (nSPS) is 109. The minimum absolute atomic E-state index is 0. The highest BCUT2D eigenvalue weighted by Gasteiger charge is 3.63. The average Bonchev–Trinajstić information content (AvgIpc) is 0.433. The highest BCUT2D eigenvalue weighted by molar-refractivity contribution is 6.07. The van der Waals surface area contributed by atoms with Crippen LogP contribution in [0.4, 0.5) is 0 Å². The Labute approximate surface area is 577 Å². The molecular formula is C98H100. The fraction of sp³-hybridized carbons (Fsp3) is 1.00. The van der Waals surface area contributed by atoms with Crippen LogP contribution in [0.1, 0.15) is 150 Å². The second kappa shape index (κ2) is 8.68. The van der Waals surface area contributed by atoms with Crippen LogP contribution in [0.5, 0.6) is 0 Å². The summed E-state index contributed by atoms with van der Waals surface area (Å²) in [5.74, 6) is 66.7. The van der Waals surface area contributed by atoms with Crippen LogP contribution in [0.25, 0.3) is 0 Å². The van der Waals surface area contributed by atoms with Crippen LogP contribution < -0.4 is 0 Å². The van der Waals surface area contributed by atoms with Gasteiger partial charge in [0.25, 0.3) is 0 Å². The molecule has 81 aliphatic rings. The summed E-state index contributed by atoms with van der Waals surface area (Å²) in [5, 5.41) is 0. The van der Waals surface area contributed by atoms with E-state index >= 15 is 0 Å². The van der Waals surface area contributed by atoms with Gasteiger partial charge in [-0.3, -0.25) is 0 Å². The zero-order valence-corrected chi connectivity index (χ0v) is 56.2. The van der Waals surface area contributed by atoms with Gasteiger partial charge in [-0.05, 0) is 489 Å². The van der Waals surface area contributed by atoms with Crippen LogP contribution in [-0.4, -0.2) is 0 Å². The molecule has 25 spiro atoms. The molecule has 81 aliphatic carbocycles. The van der Waals surface area contributed by atoms with Crippen LogP contribution in [0.3, 0.4) is 0 Å². The highest BCUT2D eigenvalue weighted by atomic mass is 15.6. The molecule has 492 valence electrons. The fourth-order valence-electron chi connectivity index (χ4n) is 80.1. The first-order valence-electron chi connectivity index (χ1n) is 47.8. The zero-order valence-electron chi connectivity index (χ0n) is 56.2. The smallest absolute Gasteiger partial charge is 0.000739 e. The monoisotopic (exact) mass is 1280 g/mol. The van der Waals surface area contributed by atoms with E-state index in [9.17, 15) is 0 Å². The molecular weight excluding hydrogens is 1180 g/mol. The molecule has 0 amide bonds. The molecule has 0 aromatic rings. The lowest BCUT2D eigenvalue weighted by Crippen LogP contribution is -3.60. The molecule has 81 saturated carbocycles. The second-order valence-corrected chi connectivity index (χ2v) is 55.7. The molecule has 0 aromatic heterocycles. The van der Waals surface area contributed by atoms with Crippen molar-refractivity contribution in [2.24, 2.45) is 431 Å². The van der Waals surface area contributed by atoms with Gasteiger partial charge in [-0.1, -0.05) is 91.9 Å². The van der Waals surface area contributed by atoms with Gasteiger partial charge in [-0.2, -0.15) is 0 Å². The second-order valence-electron chi connectivity index (χ2n) is 55.7. The Morgan fingerprint density at radius 1 is 0.163 bits per heavy atom. The minimum Gasteiger partial charge on any atom is -0.0776 e. The van der Waals surface area contributed by atoms with Gasteiger partial charge in [-0.15, -0.1) is 0 Å². The number of hydrogen-bond donors (Lipinski definition) is 0. The zero-order chi connectivity index (χ0) is 56.2. The molecule has 0 saturated heterocycles. The molecule has 81 rings (SSSR count). The van der Waals surface area contributed by atoms with Crippen LogP contribution in [0, 0.1) is 431 Å². The summed E-state index contributed by atoms with van der Waals surface area (Å²) in [7, 11) is 0. The van der Waals surface area contributed by atoms with Gasteiger partial charge in [-0.25, -0.2) is 0 Å². The highest BCUT2D eigenvalue weighted by Crippen LogP contribution is 3.64. The lowest BCUT2D eigenvalue weighted by Gasteiger charge is -3.61. The number of fused-ring (bicyclic) bond motifs is 6. The molecule has 0 aliphatic heterocycles. The van der Waals surface area contributed by atoms with Crippen molar-refractivity contribution in [3.63, 3.8) is 0 Å². The van der Waals surface area contributed by atoms with Gasteiger partial charge in [0.05, 0.1) is 0 Å². The minimum atomic E-state index is 0. The van der Waals surface area contributed by atoms with E-state index in [0.29, 0.717) is 0 Å². The maximum atomic E-state index is 1.90. The summed E-state index contributed by atoms with van der Waals surface area (Å²) >= 11 is 0. The van der Waals surface area contributed by atoms with Gasteiger partial charge in [0.15, 0.2) is 0 Å². The largest absolute Gasteiger partial charge is 0.0776 e. The molecule has 0 radical (unpaired) electrons. The Morgan fingerprint density at radius 3 is 0.878 bits per heavy atom. The Bertz CT molecular complexity index is 4860. The molecule has 98 heavy (non-hydrogen) atoms. The van der Waals surface area contributed by atoms with Gasteiger partial charge in [0.2, 0.25) is 0 Å². The molecule has 0 nitrogen and oxygen atoms in total. The Hall–Kier alpha value is 0. The van der Waals surface area contributed by atoms with E-state index in [1.54, 1.807) is 103 Å². The Balaban J connectivity index is 0.00000213. The Kier molecular flexibility index (Phi) is 3.83. The summed E-state index contributed by atoms with van der Waals surface area (Å²) in [6.45, 7) is 0. The summed E-state index contributed by atoms with van der Waals surface area (Å²) in [4.78, 5) is 0. The van der Waals surface area contributed by atoms with E-state index in [1.807, 2.05) is 32.1 Å². The predicted octanol–water partition coefficient (Wildman–Crippen LogP) is 15.6. The maximum absolute atomic E-state index is 1.90. The third-order valence-corrected chi connectivity index (χ3v) is 68.3. The average molecular weight is 1280 g/mol. The van der Waals surface area contributed by atoms with Crippen molar-refractivity contribution < 1.29 is 0 Å². The SMILES string of the molecule is C.C.C1CCCCC2C3C4C5CC6C7C8C9C(C%10C%11C%12C%13C%14CC%15C%16C%17C%18C(C%19C%20C%21CCCCCCCCC%22C(C%23C%24CC%25C%26C%27C%19C%20%19C%21C%20C%21C%23C%24%25C%26%21C%27%20%19)C%19CC3C2%22%19)C2C3C%19C%20CC%21C%22C%23C%10C%11%10C%12%11C%13%12C%14%15C%16%13C%17%14C%182C32C%193C%21%20C%22%15C%23%10C%11%10C%12%13C%142C%153%10)C2C(CCC1)C1C3C%10C4C56C7%10C83C291. The lowest BCUT2D eigenvalue weighted by molar-refractivity contribution is -1.17. The van der Waals surface area contributed by atoms with Gasteiger partial charge in [0.1, 0.15) is 0 Å². The molecule has 81 fully saturated rings. The van der Waals surface area contributed by atoms with Crippen molar-refractivity contribution in [2.45, 2.75) is 150 Å². The van der Waals surface area contributed by atoms with Crippen molar-refractivity contribution in [3.05, 3.63) is 0 Å². The van der Waals surface area contributed by atoms with Crippen LogP contribution >= 0.6 is 0 Å². The fourth-order valence-corrected chi connectivity index (χ4v) is 80.1. The first-order chi connectivity index (χ1) is 47.8. The summed E-state index contributed by atoms with van der Waals surface area (Å²) in [6, 6.07) is 0. The van der Waals surface area contributed by atoms with Crippen LogP contribution in [0.15, 0.2) is 0 Å². The van der Waals surface area contributed by atoms with Crippen LogP contribution in [-0.2, 0) is 0 Å². The van der Waals surface area contributed by atoms with E-state index in [2.05, 4.69) is 0 Å². The molecule has 0 aromatic carbocycles. The molecule has 0 heteroatoms. The first-order valence-corrected chi connectivity index (χ1v) is 47.8. The van der Waals surface area contributed by atoms with Crippen molar-refractivity contribution in [1.29, 1.82) is 0 Å². The van der Waals surface area contributed by atoms with Gasteiger partial charge >= 0.3 is 0 Å². The van der Waals surface area contributed by atoms with E-state index < -0.39 is 0 Å². The van der Waals surface area contributed by atoms with E-state index in [0.717, 1.165) is 135 Å². The van der Waals surface area contributed by atoms with E-state index in [-0.39, 0.29) is 14.9 Å². The third kappa shape index (κ3) is 1.57. The number of hydrogen-bond acceptors (Lipinski definition) is 0. The van der Waals surface area contributed by atoms with E-state index in [1.165, 1.54) is 296 Å². The predicted molar refractivity (Wildman–Crippen MR) is 346 cm³/mol. The van der Waals surface area contributed by atoms with Crippen molar-refractivity contribution >= 4 is 0 Å². The van der Waals surface area contributed by atoms with Crippen LogP contribution in [0.2, 0.25) is 0 Å². The van der Waals surface area contributed by atoms with Gasteiger partial charge in [0, 0.05) is 0 Å². The topological polar surface area (TPSA) is 0 Å². The third-order valence-electron chi connectivity index (χ3n) is 68.3. The molecule has 64 unspecified atom stereocenters. The Morgan fingerprint density at radius 2 is 0.469 bits per heavy atom.